The van der Waals surface area contributed by atoms with Crippen LogP contribution in [-0.4, -0.2) is 28.7 Å². The van der Waals surface area contributed by atoms with Gasteiger partial charge < -0.3 is 14.5 Å². The summed E-state index contributed by atoms with van der Waals surface area (Å²) in [5.41, 5.74) is 0.211. The number of hydrogen-bond acceptors (Lipinski definition) is 6. The minimum Gasteiger partial charge on any atom is -0.456 e. The van der Waals surface area contributed by atoms with Crippen molar-refractivity contribution < 1.29 is 31.9 Å². The van der Waals surface area contributed by atoms with Crippen LogP contribution in [0.15, 0.2) is 46.9 Å². The minimum atomic E-state index is -4.72. The van der Waals surface area contributed by atoms with Crippen molar-refractivity contribution >= 4 is 29.2 Å². The van der Waals surface area contributed by atoms with Crippen LogP contribution in [0.3, 0.4) is 0 Å². The maximum atomic E-state index is 13.1. The number of rotatable bonds is 7. The van der Waals surface area contributed by atoms with E-state index in [2.05, 4.69) is 15.5 Å². The summed E-state index contributed by atoms with van der Waals surface area (Å²) in [6.07, 6.45) is -4.79. The summed E-state index contributed by atoms with van der Waals surface area (Å²) in [7, 11) is 0. The number of carbonyl (C=O) groups is 2. The molecule has 0 aliphatic carbocycles. The zero-order chi connectivity index (χ0) is 23.3. The summed E-state index contributed by atoms with van der Waals surface area (Å²) >= 11 is 5.59. The summed E-state index contributed by atoms with van der Waals surface area (Å²) < 4.78 is 49.5. The molecule has 3 rings (SSSR count). The number of amides is 1. The van der Waals surface area contributed by atoms with Gasteiger partial charge in [0.2, 0.25) is 11.8 Å². The van der Waals surface area contributed by atoms with Crippen LogP contribution in [0.25, 0.3) is 11.5 Å². The number of carbonyl (C=O) groups excluding carboxylic acids is 2. The molecule has 0 fully saturated rings. The molecule has 1 aromatic heterocycles. The number of hydrogen-bond donors (Lipinski definition) is 1. The van der Waals surface area contributed by atoms with Crippen molar-refractivity contribution in [3.05, 3.63) is 64.5 Å². The molecule has 1 heterocycles. The highest BCUT2D eigenvalue weighted by molar-refractivity contribution is 6.30. The molecule has 0 saturated heterocycles. The number of halogens is 4. The summed E-state index contributed by atoms with van der Waals surface area (Å²) in [5, 5.41) is 9.70. The van der Waals surface area contributed by atoms with Crippen molar-refractivity contribution in [2.45, 2.75) is 25.9 Å². The maximum absolute atomic E-state index is 13.1. The first-order chi connectivity index (χ1) is 15.1. The molecule has 0 unspecified atom stereocenters. The lowest BCUT2D eigenvalue weighted by atomic mass is 10.1. The largest absolute Gasteiger partial charge is 0.456 e. The molecule has 2 aromatic carbocycles. The van der Waals surface area contributed by atoms with Crippen LogP contribution in [-0.2, 0) is 26.9 Å². The zero-order valence-corrected chi connectivity index (χ0v) is 17.5. The Labute approximate surface area is 185 Å². The number of benzene rings is 2. The Morgan fingerprint density at radius 3 is 2.53 bits per heavy atom. The van der Waals surface area contributed by atoms with Crippen LogP contribution in [0.1, 0.15) is 23.4 Å². The fourth-order valence-electron chi connectivity index (χ4n) is 2.64. The molecular weight excluding hydrogens is 451 g/mol. The lowest BCUT2D eigenvalue weighted by Crippen LogP contribution is -2.22. The SMILES string of the molecule is Cc1ccc(-c2nnc(CCC(=O)OCC(=O)Nc3ccc(Cl)cc3C(F)(F)F)o2)cc1. The molecule has 7 nitrogen and oxygen atoms in total. The Morgan fingerprint density at radius 2 is 1.84 bits per heavy atom. The fraction of sp³-hybridized carbons (Fsp3) is 0.238. The number of esters is 1. The summed E-state index contributed by atoms with van der Waals surface area (Å²) in [4.78, 5) is 23.8. The lowest BCUT2D eigenvalue weighted by Gasteiger charge is -2.14. The number of alkyl halides is 3. The van der Waals surface area contributed by atoms with Gasteiger partial charge in [-0.05, 0) is 37.3 Å². The Bertz CT molecular complexity index is 1110. The van der Waals surface area contributed by atoms with Gasteiger partial charge in [-0.1, -0.05) is 29.3 Å². The predicted octanol–water partition coefficient (Wildman–Crippen LogP) is 4.83. The van der Waals surface area contributed by atoms with Gasteiger partial charge in [-0.25, -0.2) is 0 Å². The van der Waals surface area contributed by atoms with E-state index in [1.807, 2.05) is 31.2 Å². The molecule has 1 amide bonds. The van der Waals surface area contributed by atoms with Crippen LogP contribution in [0, 0.1) is 6.92 Å². The van der Waals surface area contributed by atoms with Crippen LogP contribution >= 0.6 is 11.6 Å². The Balaban J connectivity index is 1.48. The molecule has 0 saturated carbocycles. The first kappa shape index (κ1) is 23.3. The third kappa shape index (κ3) is 6.30. The van der Waals surface area contributed by atoms with Crippen molar-refractivity contribution in [2.75, 3.05) is 11.9 Å². The van der Waals surface area contributed by atoms with Crippen LogP contribution < -0.4 is 5.32 Å². The summed E-state index contributed by atoms with van der Waals surface area (Å²) in [6.45, 7) is 1.19. The van der Waals surface area contributed by atoms with Gasteiger partial charge >= 0.3 is 12.1 Å². The van der Waals surface area contributed by atoms with E-state index in [1.165, 1.54) is 6.07 Å². The molecule has 0 aliphatic heterocycles. The maximum Gasteiger partial charge on any atom is 0.418 e. The van der Waals surface area contributed by atoms with Gasteiger partial charge in [0.05, 0.1) is 17.7 Å². The first-order valence-electron chi connectivity index (χ1n) is 9.33. The predicted molar refractivity (Wildman–Crippen MR) is 109 cm³/mol. The second-order valence-electron chi connectivity index (χ2n) is 6.76. The number of aromatic nitrogens is 2. The topological polar surface area (TPSA) is 94.3 Å². The first-order valence-corrected chi connectivity index (χ1v) is 9.71. The van der Waals surface area contributed by atoms with E-state index in [0.717, 1.165) is 17.2 Å². The van der Waals surface area contributed by atoms with E-state index in [9.17, 15) is 22.8 Å². The highest BCUT2D eigenvalue weighted by Gasteiger charge is 2.34. The van der Waals surface area contributed by atoms with Gasteiger partial charge in [-0.2, -0.15) is 13.2 Å². The van der Waals surface area contributed by atoms with Crippen LogP contribution in [0.4, 0.5) is 18.9 Å². The quantitative estimate of drug-likeness (QED) is 0.500. The number of aryl methyl sites for hydroxylation is 2. The third-order valence-electron chi connectivity index (χ3n) is 4.23. The molecule has 0 bridgehead atoms. The van der Waals surface area contributed by atoms with Crippen molar-refractivity contribution in [2.24, 2.45) is 0 Å². The average Bonchev–Trinajstić information content (AvgIpc) is 3.21. The summed E-state index contributed by atoms with van der Waals surface area (Å²) in [5.74, 6) is -1.16. The molecular formula is C21H17ClF3N3O4. The number of nitrogens with one attached hydrogen (secondary N) is 1. The van der Waals surface area contributed by atoms with Gasteiger partial charge in [-0.15, -0.1) is 10.2 Å². The zero-order valence-electron chi connectivity index (χ0n) is 16.7. The highest BCUT2D eigenvalue weighted by Crippen LogP contribution is 2.36. The molecule has 1 N–H and O–H groups in total. The molecule has 0 spiro atoms. The molecule has 11 heteroatoms. The van der Waals surface area contributed by atoms with E-state index < -0.39 is 35.9 Å². The molecule has 168 valence electrons. The second kappa shape index (κ2) is 9.82. The van der Waals surface area contributed by atoms with Crippen molar-refractivity contribution in [3.8, 4) is 11.5 Å². The molecule has 3 aromatic rings. The van der Waals surface area contributed by atoms with Gasteiger partial charge in [-0.3, -0.25) is 9.59 Å². The van der Waals surface area contributed by atoms with Gasteiger partial charge in [0, 0.05) is 17.0 Å². The average molecular weight is 468 g/mol. The molecule has 0 radical (unpaired) electrons. The number of nitrogens with zero attached hydrogens (tertiary/aromatic N) is 2. The van der Waals surface area contributed by atoms with Gasteiger partial charge in [0.25, 0.3) is 5.91 Å². The standard InChI is InChI=1S/C21H17ClF3N3O4/c1-12-2-4-13(5-3-12)20-28-27-18(32-20)8-9-19(30)31-11-17(29)26-16-7-6-14(22)10-15(16)21(23,24)25/h2-7,10H,8-9,11H2,1H3,(H,26,29). The van der Waals surface area contributed by atoms with Crippen LogP contribution in [0.5, 0.6) is 0 Å². The number of ether oxygens (including phenoxy) is 1. The van der Waals surface area contributed by atoms with E-state index >= 15 is 0 Å². The van der Waals surface area contributed by atoms with Crippen molar-refractivity contribution in [1.82, 2.24) is 10.2 Å². The minimum absolute atomic E-state index is 0.0781. The van der Waals surface area contributed by atoms with E-state index in [0.29, 0.717) is 12.0 Å². The summed E-state index contributed by atoms with van der Waals surface area (Å²) in [6, 6.07) is 10.3. The molecule has 32 heavy (non-hydrogen) atoms. The van der Waals surface area contributed by atoms with Crippen molar-refractivity contribution in [1.29, 1.82) is 0 Å². The van der Waals surface area contributed by atoms with Crippen molar-refractivity contribution in [3.63, 3.8) is 0 Å². The van der Waals surface area contributed by atoms with E-state index in [1.54, 1.807) is 0 Å². The lowest BCUT2D eigenvalue weighted by molar-refractivity contribution is -0.147. The van der Waals surface area contributed by atoms with Gasteiger partial charge in [0.1, 0.15) is 0 Å². The third-order valence-corrected chi connectivity index (χ3v) is 4.47. The fourth-order valence-corrected chi connectivity index (χ4v) is 2.81. The number of anilines is 1. The molecule has 0 atom stereocenters. The normalized spacial score (nSPS) is 11.3. The molecule has 0 aliphatic rings. The Hall–Kier alpha value is -3.40. The van der Waals surface area contributed by atoms with E-state index in [-0.39, 0.29) is 23.8 Å². The smallest absolute Gasteiger partial charge is 0.418 e. The monoisotopic (exact) mass is 467 g/mol. The Kier molecular flexibility index (Phi) is 7.14. The van der Waals surface area contributed by atoms with E-state index in [4.69, 9.17) is 20.8 Å². The highest BCUT2D eigenvalue weighted by atomic mass is 35.5. The van der Waals surface area contributed by atoms with Crippen LogP contribution in [0.2, 0.25) is 5.02 Å². The van der Waals surface area contributed by atoms with Gasteiger partial charge in [0.15, 0.2) is 6.61 Å². The Morgan fingerprint density at radius 1 is 1.12 bits per heavy atom. The second-order valence-corrected chi connectivity index (χ2v) is 7.20.